The van der Waals surface area contributed by atoms with Crippen molar-refractivity contribution in [3.8, 4) is 0 Å². The lowest BCUT2D eigenvalue weighted by molar-refractivity contribution is 0.211. The summed E-state index contributed by atoms with van der Waals surface area (Å²) in [4.78, 5) is 2.68. The molecule has 0 spiro atoms. The van der Waals surface area contributed by atoms with E-state index in [2.05, 4.69) is 4.90 Å². The zero-order valence-electron chi connectivity index (χ0n) is 7.64. The smallest absolute Gasteiger partial charge is 0.0223 e. The molecule has 1 aliphatic heterocycles. The van der Waals surface area contributed by atoms with E-state index in [0.29, 0.717) is 0 Å². The van der Waals surface area contributed by atoms with Crippen LogP contribution in [0.4, 0.5) is 0 Å². The van der Waals surface area contributed by atoms with Gasteiger partial charge in [-0.25, -0.2) is 0 Å². The summed E-state index contributed by atoms with van der Waals surface area (Å²) in [5.41, 5.74) is 0. The SMILES string of the molecule is ClCCCCN1CC2CCC1C2. The topological polar surface area (TPSA) is 3.24 Å². The van der Waals surface area contributed by atoms with E-state index < -0.39 is 0 Å². The van der Waals surface area contributed by atoms with Gasteiger partial charge < -0.3 is 4.90 Å². The molecule has 1 saturated carbocycles. The molecule has 1 aliphatic carbocycles. The first-order chi connectivity index (χ1) is 5.90. The van der Waals surface area contributed by atoms with Crippen molar-refractivity contribution in [1.82, 2.24) is 4.90 Å². The van der Waals surface area contributed by atoms with E-state index in [0.717, 1.165) is 17.8 Å². The van der Waals surface area contributed by atoms with Crippen molar-refractivity contribution in [2.75, 3.05) is 19.0 Å². The van der Waals surface area contributed by atoms with Gasteiger partial charge in [0.15, 0.2) is 0 Å². The number of hydrogen-bond donors (Lipinski definition) is 0. The van der Waals surface area contributed by atoms with Crippen LogP contribution >= 0.6 is 11.6 Å². The summed E-state index contributed by atoms with van der Waals surface area (Å²) in [5.74, 6) is 1.88. The van der Waals surface area contributed by atoms with Gasteiger partial charge in [0.05, 0.1) is 0 Å². The Morgan fingerprint density at radius 2 is 2.17 bits per heavy atom. The normalized spacial score (nSPS) is 34.8. The lowest BCUT2D eigenvalue weighted by atomic mass is 10.1. The first kappa shape index (κ1) is 8.83. The molecule has 0 aromatic carbocycles. The third kappa shape index (κ3) is 1.77. The fraction of sp³-hybridized carbons (Fsp3) is 1.00. The first-order valence-electron chi connectivity index (χ1n) is 5.20. The van der Waals surface area contributed by atoms with Crippen LogP contribution in [0.2, 0.25) is 0 Å². The molecule has 0 aromatic heterocycles. The zero-order valence-corrected chi connectivity index (χ0v) is 8.39. The number of nitrogens with zero attached hydrogens (tertiary/aromatic N) is 1. The molecule has 2 atom stereocenters. The molecular weight excluding hydrogens is 170 g/mol. The maximum Gasteiger partial charge on any atom is 0.0223 e. The van der Waals surface area contributed by atoms with Crippen molar-refractivity contribution in [2.45, 2.75) is 38.1 Å². The minimum absolute atomic E-state index is 0.835. The van der Waals surface area contributed by atoms with Crippen LogP contribution in [0.25, 0.3) is 0 Å². The molecule has 2 bridgehead atoms. The van der Waals surface area contributed by atoms with Crippen molar-refractivity contribution < 1.29 is 0 Å². The van der Waals surface area contributed by atoms with Crippen molar-refractivity contribution in [3.63, 3.8) is 0 Å². The predicted octanol–water partition coefficient (Wildman–Crippen LogP) is 2.49. The van der Waals surface area contributed by atoms with Crippen molar-refractivity contribution >= 4 is 11.6 Å². The van der Waals surface area contributed by atoms with E-state index in [1.165, 1.54) is 45.2 Å². The lowest BCUT2D eigenvalue weighted by Gasteiger charge is -2.26. The number of unbranched alkanes of at least 4 members (excludes halogenated alkanes) is 1. The molecule has 0 amide bonds. The van der Waals surface area contributed by atoms with Gasteiger partial charge in [0, 0.05) is 18.5 Å². The molecule has 2 rings (SSSR count). The maximum atomic E-state index is 5.65. The molecule has 2 aliphatic rings. The van der Waals surface area contributed by atoms with Crippen LogP contribution in [0.3, 0.4) is 0 Å². The highest BCUT2D eigenvalue weighted by Crippen LogP contribution is 2.37. The standard InChI is InChI=1S/C10H18ClN/c11-5-1-2-6-12-8-9-3-4-10(12)7-9/h9-10H,1-8H2. The van der Waals surface area contributed by atoms with Gasteiger partial charge in [-0.15, -0.1) is 11.6 Å². The summed E-state index contributed by atoms with van der Waals surface area (Å²) in [6.45, 7) is 2.68. The number of piperidine rings is 1. The Morgan fingerprint density at radius 3 is 2.75 bits per heavy atom. The molecule has 2 heteroatoms. The van der Waals surface area contributed by atoms with Gasteiger partial charge in [-0.3, -0.25) is 0 Å². The fourth-order valence-electron chi connectivity index (χ4n) is 2.71. The van der Waals surface area contributed by atoms with Crippen LogP contribution in [0.15, 0.2) is 0 Å². The van der Waals surface area contributed by atoms with Gasteiger partial charge in [0.25, 0.3) is 0 Å². The minimum atomic E-state index is 0.835. The largest absolute Gasteiger partial charge is 0.300 e. The van der Waals surface area contributed by atoms with Crippen LogP contribution in [0.5, 0.6) is 0 Å². The zero-order chi connectivity index (χ0) is 8.39. The Labute approximate surface area is 80.1 Å². The summed E-state index contributed by atoms with van der Waals surface area (Å²) < 4.78 is 0. The van der Waals surface area contributed by atoms with Crippen molar-refractivity contribution in [2.24, 2.45) is 5.92 Å². The molecule has 12 heavy (non-hydrogen) atoms. The van der Waals surface area contributed by atoms with Crippen molar-refractivity contribution in [1.29, 1.82) is 0 Å². The molecule has 2 unspecified atom stereocenters. The molecular formula is C10H18ClN. The van der Waals surface area contributed by atoms with E-state index in [4.69, 9.17) is 11.6 Å². The molecule has 70 valence electrons. The summed E-state index contributed by atoms with van der Waals surface area (Å²) in [7, 11) is 0. The Bertz CT molecular complexity index is 149. The molecule has 1 nitrogen and oxygen atoms in total. The maximum absolute atomic E-state index is 5.65. The Balaban J connectivity index is 1.69. The predicted molar refractivity (Wildman–Crippen MR) is 52.7 cm³/mol. The molecule has 0 aromatic rings. The number of likely N-dealkylation sites (tertiary alicyclic amines) is 1. The second-order valence-corrected chi connectivity index (χ2v) is 4.60. The monoisotopic (exact) mass is 187 g/mol. The summed E-state index contributed by atoms with van der Waals surface area (Å²) in [6.07, 6.45) is 6.94. The number of hydrogen-bond acceptors (Lipinski definition) is 1. The van der Waals surface area contributed by atoms with Gasteiger partial charge in [-0.2, -0.15) is 0 Å². The van der Waals surface area contributed by atoms with Gasteiger partial charge in [-0.1, -0.05) is 0 Å². The van der Waals surface area contributed by atoms with Crippen LogP contribution in [-0.4, -0.2) is 29.9 Å². The third-order valence-corrected chi connectivity index (χ3v) is 3.62. The summed E-state index contributed by atoms with van der Waals surface area (Å²) >= 11 is 5.65. The quantitative estimate of drug-likeness (QED) is 0.483. The van der Waals surface area contributed by atoms with E-state index in [-0.39, 0.29) is 0 Å². The number of halogens is 1. The summed E-state index contributed by atoms with van der Waals surface area (Å²) in [6, 6.07) is 0.949. The number of fused-ring (bicyclic) bond motifs is 2. The molecule has 2 fully saturated rings. The number of alkyl halides is 1. The number of rotatable bonds is 4. The van der Waals surface area contributed by atoms with E-state index in [9.17, 15) is 0 Å². The highest BCUT2D eigenvalue weighted by Gasteiger charge is 2.36. The van der Waals surface area contributed by atoms with E-state index in [1.54, 1.807) is 0 Å². The van der Waals surface area contributed by atoms with E-state index >= 15 is 0 Å². The molecule has 1 heterocycles. The highest BCUT2D eigenvalue weighted by atomic mass is 35.5. The van der Waals surface area contributed by atoms with Crippen LogP contribution in [0, 0.1) is 5.92 Å². The lowest BCUT2D eigenvalue weighted by Crippen LogP contribution is -2.32. The third-order valence-electron chi connectivity index (χ3n) is 3.35. The summed E-state index contributed by atoms with van der Waals surface area (Å²) in [5, 5.41) is 0. The van der Waals surface area contributed by atoms with Gasteiger partial charge in [0.2, 0.25) is 0 Å². The average molecular weight is 188 g/mol. The second kappa shape index (κ2) is 3.97. The van der Waals surface area contributed by atoms with Gasteiger partial charge in [-0.05, 0) is 44.6 Å². The van der Waals surface area contributed by atoms with Crippen LogP contribution in [-0.2, 0) is 0 Å². The van der Waals surface area contributed by atoms with Gasteiger partial charge >= 0.3 is 0 Å². The van der Waals surface area contributed by atoms with Crippen molar-refractivity contribution in [3.05, 3.63) is 0 Å². The first-order valence-corrected chi connectivity index (χ1v) is 5.73. The fourth-order valence-corrected chi connectivity index (χ4v) is 2.90. The minimum Gasteiger partial charge on any atom is -0.300 e. The molecule has 0 N–H and O–H groups in total. The molecule has 1 saturated heterocycles. The second-order valence-electron chi connectivity index (χ2n) is 4.22. The van der Waals surface area contributed by atoms with Gasteiger partial charge in [0.1, 0.15) is 0 Å². The Hall–Kier alpha value is 0.250. The molecule has 0 radical (unpaired) electrons. The van der Waals surface area contributed by atoms with E-state index in [1.807, 2.05) is 0 Å². The highest BCUT2D eigenvalue weighted by molar-refractivity contribution is 6.17. The van der Waals surface area contributed by atoms with Crippen LogP contribution in [0.1, 0.15) is 32.1 Å². The van der Waals surface area contributed by atoms with Crippen LogP contribution < -0.4 is 0 Å². The Kier molecular flexibility index (Phi) is 2.92. The Morgan fingerprint density at radius 1 is 1.25 bits per heavy atom. The average Bonchev–Trinajstić information content (AvgIpc) is 2.65.